The van der Waals surface area contributed by atoms with Gasteiger partial charge >= 0.3 is 0 Å². The average molecular weight is 277 g/mol. The lowest BCUT2D eigenvalue weighted by atomic mass is 9.97. The molecule has 1 unspecified atom stereocenters. The van der Waals surface area contributed by atoms with Crippen molar-refractivity contribution in [3.05, 3.63) is 12.4 Å². The minimum atomic E-state index is 0.331. The summed E-state index contributed by atoms with van der Waals surface area (Å²) in [4.78, 5) is 11.0. The van der Waals surface area contributed by atoms with Gasteiger partial charge in [-0.3, -0.25) is 0 Å². The fraction of sp³-hybridized carbons (Fsp3) is 0.733. The quantitative estimate of drug-likeness (QED) is 0.863. The van der Waals surface area contributed by atoms with Crippen LogP contribution in [0.5, 0.6) is 0 Å². The average Bonchev–Trinajstić information content (AvgIpc) is 2.86. The van der Waals surface area contributed by atoms with E-state index >= 15 is 0 Å². The molecule has 0 aliphatic carbocycles. The predicted octanol–water partition coefficient (Wildman–Crippen LogP) is 2.12. The molecule has 1 aromatic rings. The van der Waals surface area contributed by atoms with Crippen molar-refractivity contribution < 1.29 is 0 Å². The Balaban J connectivity index is 1.96. The molecule has 1 saturated heterocycles. The Morgan fingerprint density at radius 3 is 2.85 bits per heavy atom. The van der Waals surface area contributed by atoms with Crippen LogP contribution in [0, 0.1) is 5.41 Å². The highest BCUT2D eigenvalue weighted by Gasteiger charge is 2.26. The molecule has 2 N–H and O–H groups in total. The normalized spacial score (nSPS) is 19.4. The van der Waals surface area contributed by atoms with Crippen LogP contribution in [0.4, 0.5) is 11.6 Å². The van der Waals surface area contributed by atoms with E-state index in [4.69, 9.17) is 0 Å². The van der Waals surface area contributed by atoms with Crippen molar-refractivity contribution >= 4 is 11.6 Å². The summed E-state index contributed by atoms with van der Waals surface area (Å²) in [5.41, 5.74) is 0.331. The van der Waals surface area contributed by atoms with Gasteiger partial charge in [0, 0.05) is 38.8 Å². The number of hydrogen-bond acceptors (Lipinski definition) is 5. The number of hydrogen-bond donors (Lipinski definition) is 2. The van der Waals surface area contributed by atoms with Gasteiger partial charge in [0.15, 0.2) is 0 Å². The third kappa shape index (κ3) is 4.07. The molecule has 1 atom stereocenters. The number of aromatic nitrogens is 2. The van der Waals surface area contributed by atoms with Crippen molar-refractivity contribution in [2.24, 2.45) is 5.41 Å². The van der Waals surface area contributed by atoms with E-state index in [9.17, 15) is 0 Å². The first-order chi connectivity index (χ1) is 9.49. The molecule has 1 aliphatic heterocycles. The topological polar surface area (TPSA) is 53.1 Å². The zero-order valence-corrected chi connectivity index (χ0v) is 13.1. The van der Waals surface area contributed by atoms with E-state index in [2.05, 4.69) is 46.3 Å². The molecular formula is C15H27N5. The summed E-state index contributed by atoms with van der Waals surface area (Å²) in [6, 6.07) is 2.57. The van der Waals surface area contributed by atoms with Crippen molar-refractivity contribution in [1.29, 1.82) is 0 Å². The highest BCUT2D eigenvalue weighted by Crippen LogP contribution is 2.24. The fourth-order valence-electron chi connectivity index (χ4n) is 2.60. The monoisotopic (exact) mass is 277 g/mol. The van der Waals surface area contributed by atoms with Gasteiger partial charge in [0.2, 0.25) is 0 Å². The largest absolute Gasteiger partial charge is 0.373 e. The van der Waals surface area contributed by atoms with Crippen molar-refractivity contribution in [2.45, 2.75) is 39.7 Å². The van der Waals surface area contributed by atoms with Crippen LogP contribution in [0.3, 0.4) is 0 Å². The Morgan fingerprint density at radius 2 is 2.15 bits per heavy atom. The molecule has 5 heteroatoms. The first-order valence-electron chi connectivity index (χ1n) is 7.47. The van der Waals surface area contributed by atoms with Gasteiger partial charge in [-0.1, -0.05) is 20.8 Å². The molecule has 1 aliphatic rings. The minimum Gasteiger partial charge on any atom is -0.373 e. The summed E-state index contributed by atoms with van der Waals surface area (Å²) in [6.07, 6.45) is 4.11. The maximum Gasteiger partial charge on any atom is 0.134 e. The van der Waals surface area contributed by atoms with E-state index in [0.717, 1.165) is 31.3 Å². The molecule has 0 spiro atoms. The van der Waals surface area contributed by atoms with E-state index in [0.29, 0.717) is 11.5 Å². The highest BCUT2D eigenvalue weighted by atomic mass is 15.2. The SMILES string of the molecule is CNc1cc(N2CCCC2CNCC(C)(C)C)ncn1. The van der Waals surface area contributed by atoms with Crippen LogP contribution in [0.15, 0.2) is 12.4 Å². The third-order valence-corrected chi connectivity index (χ3v) is 3.62. The lowest BCUT2D eigenvalue weighted by molar-refractivity contribution is 0.373. The number of anilines is 2. The van der Waals surface area contributed by atoms with Crippen LogP contribution in [0.1, 0.15) is 33.6 Å². The lowest BCUT2D eigenvalue weighted by Gasteiger charge is -2.27. The molecule has 0 radical (unpaired) electrons. The first-order valence-corrected chi connectivity index (χ1v) is 7.47. The molecule has 0 amide bonds. The second-order valence-electron chi connectivity index (χ2n) is 6.69. The van der Waals surface area contributed by atoms with Gasteiger partial charge in [0.25, 0.3) is 0 Å². The van der Waals surface area contributed by atoms with Crippen LogP contribution in [0.2, 0.25) is 0 Å². The zero-order valence-electron chi connectivity index (χ0n) is 13.1. The summed E-state index contributed by atoms with van der Waals surface area (Å²) < 4.78 is 0. The second kappa shape index (κ2) is 6.39. The van der Waals surface area contributed by atoms with Gasteiger partial charge < -0.3 is 15.5 Å². The highest BCUT2D eigenvalue weighted by molar-refractivity contribution is 5.49. The molecule has 5 nitrogen and oxygen atoms in total. The van der Waals surface area contributed by atoms with Gasteiger partial charge in [0.05, 0.1) is 0 Å². The predicted molar refractivity (Wildman–Crippen MR) is 84.3 cm³/mol. The molecule has 1 fully saturated rings. The molecule has 112 valence electrons. The molecule has 20 heavy (non-hydrogen) atoms. The Bertz CT molecular complexity index is 427. The van der Waals surface area contributed by atoms with Crippen LogP contribution >= 0.6 is 0 Å². The number of nitrogens with zero attached hydrogens (tertiary/aromatic N) is 3. The minimum absolute atomic E-state index is 0.331. The van der Waals surface area contributed by atoms with E-state index in [1.165, 1.54) is 12.8 Å². The first kappa shape index (κ1) is 15.0. The lowest BCUT2D eigenvalue weighted by Crippen LogP contribution is -2.40. The van der Waals surface area contributed by atoms with E-state index in [-0.39, 0.29) is 0 Å². The van der Waals surface area contributed by atoms with E-state index in [1.54, 1.807) is 6.33 Å². The van der Waals surface area contributed by atoms with Gasteiger partial charge in [-0.15, -0.1) is 0 Å². The van der Waals surface area contributed by atoms with Crippen LogP contribution in [-0.4, -0.2) is 42.7 Å². The summed E-state index contributed by atoms with van der Waals surface area (Å²) in [7, 11) is 1.89. The Labute approximate surface area is 122 Å². The van der Waals surface area contributed by atoms with Gasteiger partial charge in [-0.05, 0) is 18.3 Å². The summed E-state index contributed by atoms with van der Waals surface area (Å²) in [5, 5.41) is 6.67. The Kier molecular flexibility index (Phi) is 4.81. The smallest absolute Gasteiger partial charge is 0.134 e. The fourth-order valence-corrected chi connectivity index (χ4v) is 2.60. The van der Waals surface area contributed by atoms with Gasteiger partial charge in [-0.25, -0.2) is 9.97 Å². The third-order valence-electron chi connectivity index (χ3n) is 3.62. The van der Waals surface area contributed by atoms with Crippen LogP contribution < -0.4 is 15.5 Å². The Morgan fingerprint density at radius 1 is 1.35 bits per heavy atom. The molecular weight excluding hydrogens is 250 g/mol. The zero-order chi connectivity index (χ0) is 14.6. The molecule has 0 aromatic carbocycles. The maximum atomic E-state index is 4.42. The molecule has 0 saturated carbocycles. The van der Waals surface area contributed by atoms with Crippen LogP contribution in [-0.2, 0) is 0 Å². The summed E-state index contributed by atoms with van der Waals surface area (Å²) in [5.74, 6) is 1.91. The summed E-state index contributed by atoms with van der Waals surface area (Å²) in [6.45, 7) is 9.93. The van der Waals surface area contributed by atoms with Crippen molar-refractivity contribution in [3.63, 3.8) is 0 Å². The number of rotatable bonds is 5. The van der Waals surface area contributed by atoms with Crippen molar-refractivity contribution in [3.8, 4) is 0 Å². The number of nitrogens with one attached hydrogen (secondary N) is 2. The van der Waals surface area contributed by atoms with Gasteiger partial charge in [0.1, 0.15) is 18.0 Å². The second-order valence-corrected chi connectivity index (χ2v) is 6.69. The van der Waals surface area contributed by atoms with Gasteiger partial charge in [-0.2, -0.15) is 0 Å². The molecule has 2 rings (SSSR count). The van der Waals surface area contributed by atoms with Crippen LogP contribution in [0.25, 0.3) is 0 Å². The molecule has 2 heterocycles. The molecule has 1 aromatic heterocycles. The van der Waals surface area contributed by atoms with Crippen molar-refractivity contribution in [2.75, 3.05) is 36.9 Å². The maximum absolute atomic E-state index is 4.42. The Hall–Kier alpha value is -1.36. The van der Waals surface area contributed by atoms with E-state index in [1.807, 2.05) is 13.1 Å². The summed E-state index contributed by atoms with van der Waals surface area (Å²) >= 11 is 0. The standard InChI is InChI=1S/C15H27N5/c1-15(2,3)10-17-9-12-6-5-7-20(12)14-8-13(16-4)18-11-19-14/h8,11-12,17H,5-7,9-10H2,1-4H3,(H,16,18,19). The van der Waals surface area contributed by atoms with E-state index < -0.39 is 0 Å². The van der Waals surface area contributed by atoms with Crippen molar-refractivity contribution in [1.82, 2.24) is 15.3 Å². The molecule has 0 bridgehead atoms.